The molecule has 0 aromatic heterocycles. The highest BCUT2D eigenvalue weighted by molar-refractivity contribution is 5.78. The number of nitrogens with one attached hydrogen (secondary N) is 1. The molecule has 0 aromatic carbocycles. The third-order valence-corrected chi connectivity index (χ3v) is 2.13. The van der Waals surface area contributed by atoms with Gasteiger partial charge >= 0.3 is 0 Å². The predicted molar refractivity (Wildman–Crippen MR) is 49.9 cm³/mol. The van der Waals surface area contributed by atoms with E-state index in [2.05, 4.69) is 4.90 Å². The van der Waals surface area contributed by atoms with Gasteiger partial charge in [0.2, 0.25) is 0 Å². The van der Waals surface area contributed by atoms with Crippen molar-refractivity contribution in [2.45, 2.75) is 19.8 Å². The molecule has 3 heteroatoms. The third-order valence-electron chi connectivity index (χ3n) is 2.13. The van der Waals surface area contributed by atoms with Gasteiger partial charge in [-0.1, -0.05) is 0 Å². The summed E-state index contributed by atoms with van der Waals surface area (Å²) in [7, 11) is 0. The first kappa shape index (κ1) is 9.68. The Morgan fingerprint density at radius 2 is 2.08 bits per heavy atom. The number of nitrogens with zero attached hydrogens (tertiary/aromatic N) is 1. The van der Waals surface area contributed by atoms with E-state index in [9.17, 15) is 0 Å². The molecule has 1 heterocycles. The van der Waals surface area contributed by atoms with Crippen molar-refractivity contribution in [1.82, 2.24) is 4.90 Å². The van der Waals surface area contributed by atoms with E-state index in [4.69, 9.17) is 10.1 Å². The summed E-state index contributed by atoms with van der Waals surface area (Å²) < 4.78 is 5.24. The monoisotopic (exact) mass is 170 g/mol. The van der Waals surface area contributed by atoms with Gasteiger partial charge in [-0.05, 0) is 26.3 Å². The lowest BCUT2D eigenvalue weighted by Gasteiger charge is -2.26. The summed E-state index contributed by atoms with van der Waals surface area (Å²) in [5.41, 5.74) is 0.795. The van der Waals surface area contributed by atoms with Crippen LogP contribution in [0, 0.1) is 5.41 Å². The Kier molecular flexibility index (Phi) is 4.25. The van der Waals surface area contributed by atoms with Crippen LogP contribution < -0.4 is 0 Å². The molecule has 1 aliphatic heterocycles. The molecule has 3 nitrogen and oxygen atoms in total. The molecular weight excluding hydrogens is 152 g/mol. The molecule has 0 aromatic rings. The summed E-state index contributed by atoms with van der Waals surface area (Å²) in [5.74, 6) is 0. The highest BCUT2D eigenvalue weighted by Gasteiger charge is 2.08. The molecule has 0 spiro atoms. The highest BCUT2D eigenvalue weighted by atomic mass is 16.5. The van der Waals surface area contributed by atoms with E-state index in [1.165, 1.54) is 0 Å². The maximum absolute atomic E-state index is 7.27. The molecule has 70 valence electrons. The molecule has 0 atom stereocenters. The number of hydrogen-bond donors (Lipinski definition) is 1. The molecule has 12 heavy (non-hydrogen) atoms. The Morgan fingerprint density at radius 1 is 1.42 bits per heavy atom. The first-order chi connectivity index (χ1) is 5.79. The van der Waals surface area contributed by atoms with E-state index >= 15 is 0 Å². The van der Waals surface area contributed by atoms with Crippen molar-refractivity contribution in [3.8, 4) is 0 Å². The third kappa shape index (κ3) is 3.83. The van der Waals surface area contributed by atoms with Crippen molar-refractivity contribution in [1.29, 1.82) is 5.41 Å². The van der Waals surface area contributed by atoms with Gasteiger partial charge in [0.1, 0.15) is 0 Å². The second-order valence-corrected chi connectivity index (χ2v) is 3.34. The van der Waals surface area contributed by atoms with Crippen LogP contribution in [0.3, 0.4) is 0 Å². The lowest BCUT2D eigenvalue weighted by Crippen LogP contribution is -2.36. The van der Waals surface area contributed by atoms with Crippen LogP contribution in [-0.2, 0) is 4.74 Å². The fraction of sp³-hybridized carbons (Fsp3) is 0.889. The predicted octanol–water partition coefficient (Wildman–Crippen LogP) is 1.14. The molecule has 0 radical (unpaired) electrons. The van der Waals surface area contributed by atoms with Gasteiger partial charge in [0.25, 0.3) is 0 Å². The Hall–Kier alpha value is -0.410. The van der Waals surface area contributed by atoms with Crippen molar-refractivity contribution in [2.24, 2.45) is 0 Å². The van der Waals surface area contributed by atoms with Crippen molar-refractivity contribution in [3.05, 3.63) is 0 Å². The Labute approximate surface area is 74.2 Å². The molecule has 1 saturated heterocycles. The minimum Gasteiger partial charge on any atom is -0.379 e. The van der Waals surface area contributed by atoms with Crippen LogP contribution in [0.4, 0.5) is 0 Å². The van der Waals surface area contributed by atoms with E-state index < -0.39 is 0 Å². The molecule has 1 aliphatic rings. The normalized spacial score (nSPS) is 19.4. The molecule has 1 rings (SSSR count). The minimum atomic E-state index is 0.795. The number of hydrogen-bond acceptors (Lipinski definition) is 3. The van der Waals surface area contributed by atoms with Crippen LogP contribution >= 0.6 is 0 Å². The van der Waals surface area contributed by atoms with E-state index in [1.807, 2.05) is 6.92 Å². The summed E-state index contributed by atoms with van der Waals surface area (Å²) in [4.78, 5) is 2.41. The summed E-state index contributed by atoms with van der Waals surface area (Å²) in [6.45, 7) is 6.89. The molecule has 0 bridgehead atoms. The van der Waals surface area contributed by atoms with Gasteiger partial charge in [0.05, 0.1) is 13.2 Å². The zero-order valence-corrected chi connectivity index (χ0v) is 7.81. The molecule has 0 amide bonds. The first-order valence-electron chi connectivity index (χ1n) is 4.63. The lowest BCUT2D eigenvalue weighted by atomic mass is 10.2. The van der Waals surface area contributed by atoms with E-state index in [0.29, 0.717) is 0 Å². The van der Waals surface area contributed by atoms with Crippen LogP contribution in [0.15, 0.2) is 0 Å². The summed E-state index contributed by atoms with van der Waals surface area (Å²) in [6, 6.07) is 0. The van der Waals surface area contributed by atoms with Crippen LogP contribution in [0.25, 0.3) is 0 Å². The maximum atomic E-state index is 7.27. The zero-order chi connectivity index (χ0) is 8.81. The standard InChI is InChI=1S/C9H18N2O/c1-9(10)3-2-4-11-5-7-12-8-6-11/h10H,2-8H2,1H3. The summed E-state index contributed by atoms with van der Waals surface area (Å²) >= 11 is 0. The Balaban J connectivity index is 2.01. The molecule has 0 saturated carbocycles. The van der Waals surface area contributed by atoms with Crippen LogP contribution in [0.1, 0.15) is 19.8 Å². The molecule has 1 fully saturated rings. The largest absolute Gasteiger partial charge is 0.379 e. The SMILES string of the molecule is CC(=N)CCCN1CCOCC1. The Morgan fingerprint density at radius 3 is 2.67 bits per heavy atom. The van der Waals surface area contributed by atoms with Gasteiger partial charge in [0, 0.05) is 18.8 Å². The van der Waals surface area contributed by atoms with Gasteiger partial charge in [-0.3, -0.25) is 4.90 Å². The molecule has 0 unspecified atom stereocenters. The zero-order valence-electron chi connectivity index (χ0n) is 7.81. The van der Waals surface area contributed by atoms with E-state index in [-0.39, 0.29) is 0 Å². The van der Waals surface area contributed by atoms with Gasteiger partial charge in [-0.15, -0.1) is 0 Å². The highest BCUT2D eigenvalue weighted by Crippen LogP contribution is 2.00. The molecular formula is C9H18N2O. The topological polar surface area (TPSA) is 36.3 Å². The average molecular weight is 170 g/mol. The number of ether oxygens (including phenoxy) is 1. The maximum Gasteiger partial charge on any atom is 0.0594 e. The Bertz CT molecular complexity index is 141. The first-order valence-corrected chi connectivity index (χ1v) is 4.63. The number of morpholine rings is 1. The van der Waals surface area contributed by atoms with Crippen LogP contribution in [0.5, 0.6) is 0 Å². The van der Waals surface area contributed by atoms with Gasteiger partial charge in [0.15, 0.2) is 0 Å². The van der Waals surface area contributed by atoms with Gasteiger partial charge in [-0.25, -0.2) is 0 Å². The molecule has 1 N–H and O–H groups in total. The second-order valence-electron chi connectivity index (χ2n) is 3.34. The fourth-order valence-electron chi connectivity index (χ4n) is 1.39. The van der Waals surface area contributed by atoms with Crippen LogP contribution in [0.2, 0.25) is 0 Å². The quantitative estimate of drug-likeness (QED) is 0.642. The van der Waals surface area contributed by atoms with Crippen molar-refractivity contribution in [2.75, 3.05) is 32.8 Å². The molecule has 0 aliphatic carbocycles. The van der Waals surface area contributed by atoms with Gasteiger partial charge in [-0.2, -0.15) is 0 Å². The van der Waals surface area contributed by atoms with E-state index in [1.54, 1.807) is 0 Å². The summed E-state index contributed by atoms with van der Waals surface area (Å²) in [6.07, 6.45) is 2.06. The van der Waals surface area contributed by atoms with Crippen molar-refractivity contribution >= 4 is 5.71 Å². The van der Waals surface area contributed by atoms with Crippen LogP contribution in [-0.4, -0.2) is 43.5 Å². The minimum absolute atomic E-state index is 0.795. The van der Waals surface area contributed by atoms with E-state index in [0.717, 1.165) is 51.4 Å². The number of rotatable bonds is 4. The summed E-state index contributed by atoms with van der Waals surface area (Å²) in [5, 5.41) is 7.27. The van der Waals surface area contributed by atoms with Crippen molar-refractivity contribution in [3.63, 3.8) is 0 Å². The van der Waals surface area contributed by atoms with Crippen molar-refractivity contribution < 1.29 is 4.74 Å². The second kappa shape index (κ2) is 5.27. The van der Waals surface area contributed by atoms with Gasteiger partial charge < -0.3 is 10.1 Å². The fourth-order valence-corrected chi connectivity index (χ4v) is 1.39. The lowest BCUT2D eigenvalue weighted by molar-refractivity contribution is 0.0376. The average Bonchev–Trinajstić information content (AvgIpc) is 2.05. The smallest absolute Gasteiger partial charge is 0.0594 e.